The molecule has 0 saturated carbocycles. The van der Waals surface area contributed by atoms with Gasteiger partial charge in [0.05, 0.1) is 0 Å². The molecule has 1 atom stereocenters. The average molecular weight is 341 g/mol. The zero-order valence-corrected chi connectivity index (χ0v) is 15.1. The molecule has 25 heavy (non-hydrogen) atoms. The standard InChI is InChI=1S/C20H27N3O2/c1-15(14-23-12-4-6-20(23)25)21-19(24)10-8-16-7-9-18-17(13-16)5-3-11-22(18)2/h7-10,13,15H,3-6,11-12,14H2,1-2H3,(H,21,24)/b10-8-/t15-/m0/s1. The number of rotatable bonds is 5. The van der Waals surface area contributed by atoms with Gasteiger partial charge in [0, 0.05) is 50.9 Å². The number of anilines is 1. The Labute approximate surface area is 149 Å². The number of aryl methyl sites for hydroxylation is 1. The largest absolute Gasteiger partial charge is 0.374 e. The smallest absolute Gasteiger partial charge is 0.244 e. The molecule has 1 aromatic rings. The molecule has 0 radical (unpaired) electrons. The van der Waals surface area contributed by atoms with Crippen molar-refractivity contribution in [3.8, 4) is 0 Å². The topological polar surface area (TPSA) is 52.7 Å². The molecule has 5 nitrogen and oxygen atoms in total. The highest BCUT2D eigenvalue weighted by Crippen LogP contribution is 2.27. The summed E-state index contributed by atoms with van der Waals surface area (Å²) in [6.07, 6.45) is 7.26. The van der Waals surface area contributed by atoms with E-state index in [0.29, 0.717) is 13.0 Å². The van der Waals surface area contributed by atoms with Crippen molar-refractivity contribution in [2.45, 2.75) is 38.6 Å². The summed E-state index contributed by atoms with van der Waals surface area (Å²) in [6, 6.07) is 6.31. The van der Waals surface area contributed by atoms with E-state index in [4.69, 9.17) is 0 Å². The minimum Gasteiger partial charge on any atom is -0.374 e. The molecular formula is C20H27N3O2. The predicted octanol–water partition coefficient (Wildman–Crippen LogP) is 2.21. The van der Waals surface area contributed by atoms with Gasteiger partial charge in [-0.05, 0) is 55.5 Å². The highest BCUT2D eigenvalue weighted by atomic mass is 16.2. The van der Waals surface area contributed by atoms with Gasteiger partial charge in [-0.1, -0.05) is 6.07 Å². The zero-order valence-electron chi connectivity index (χ0n) is 15.1. The number of fused-ring (bicyclic) bond motifs is 1. The molecule has 0 bridgehead atoms. The van der Waals surface area contributed by atoms with Crippen LogP contribution in [0.1, 0.15) is 37.3 Å². The van der Waals surface area contributed by atoms with Crippen LogP contribution in [0.25, 0.3) is 6.08 Å². The van der Waals surface area contributed by atoms with E-state index in [0.717, 1.165) is 31.5 Å². The summed E-state index contributed by atoms with van der Waals surface area (Å²) in [5, 5.41) is 2.94. The quantitative estimate of drug-likeness (QED) is 0.836. The fourth-order valence-corrected chi connectivity index (χ4v) is 3.65. The van der Waals surface area contributed by atoms with E-state index < -0.39 is 0 Å². The Morgan fingerprint density at radius 3 is 2.84 bits per heavy atom. The molecule has 3 rings (SSSR count). The van der Waals surface area contributed by atoms with Crippen molar-refractivity contribution in [2.75, 3.05) is 31.6 Å². The Hall–Kier alpha value is -2.30. The average Bonchev–Trinajstić information content (AvgIpc) is 2.98. The van der Waals surface area contributed by atoms with Gasteiger partial charge < -0.3 is 15.1 Å². The number of hydrogen-bond donors (Lipinski definition) is 1. The number of carbonyl (C=O) groups excluding carboxylic acids is 2. The molecule has 2 aliphatic heterocycles. The van der Waals surface area contributed by atoms with Crippen molar-refractivity contribution in [3.05, 3.63) is 35.4 Å². The lowest BCUT2D eigenvalue weighted by atomic mass is 9.99. The molecule has 1 N–H and O–H groups in total. The van der Waals surface area contributed by atoms with Gasteiger partial charge in [0.1, 0.15) is 0 Å². The molecule has 1 saturated heterocycles. The van der Waals surface area contributed by atoms with Crippen LogP contribution in [0.2, 0.25) is 0 Å². The lowest BCUT2D eigenvalue weighted by Gasteiger charge is -2.27. The lowest BCUT2D eigenvalue weighted by molar-refractivity contribution is -0.128. The fraction of sp³-hybridized carbons (Fsp3) is 0.500. The predicted molar refractivity (Wildman–Crippen MR) is 100 cm³/mol. The third kappa shape index (κ3) is 4.41. The summed E-state index contributed by atoms with van der Waals surface area (Å²) in [7, 11) is 2.12. The fourth-order valence-electron chi connectivity index (χ4n) is 3.65. The van der Waals surface area contributed by atoms with Crippen LogP contribution in [0.3, 0.4) is 0 Å². The summed E-state index contributed by atoms with van der Waals surface area (Å²) >= 11 is 0. The molecule has 2 amide bonds. The number of nitrogens with zero attached hydrogens (tertiary/aromatic N) is 2. The molecule has 1 aromatic carbocycles. The summed E-state index contributed by atoms with van der Waals surface area (Å²) < 4.78 is 0. The third-order valence-electron chi connectivity index (χ3n) is 4.94. The Kier molecular flexibility index (Phi) is 5.41. The number of likely N-dealkylation sites (tertiary alicyclic amines) is 1. The van der Waals surface area contributed by atoms with Crippen molar-refractivity contribution < 1.29 is 9.59 Å². The van der Waals surface area contributed by atoms with Gasteiger partial charge in [-0.2, -0.15) is 0 Å². The second kappa shape index (κ2) is 7.72. The van der Waals surface area contributed by atoms with Crippen molar-refractivity contribution in [2.24, 2.45) is 0 Å². The van der Waals surface area contributed by atoms with Gasteiger partial charge >= 0.3 is 0 Å². The van der Waals surface area contributed by atoms with Crippen LogP contribution >= 0.6 is 0 Å². The van der Waals surface area contributed by atoms with Crippen molar-refractivity contribution in [1.29, 1.82) is 0 Å². The first-order chi connectivity index (χ1) is 12.0. The van der Waals surface area contributed by atoms with Gasteiger partial charge in [0.15, 0.2) is 0 Å². The first-order valence-corrected chi connectivity index (χ1v) is 9.13. The number of nitrogens with one attached hydrogen (secondary N) is 1. The van der Waals surface area contributed by atoms with Crippen molar-refractivity contribution >= 4 is 23.6 Å². The zero-order chi connectivity index (χ0) is 17.8. The van der Waals surface area contributed by atoms with Gasteiger partial charge in [-0.25, -0.2) is 0 Å². The maximum absolute atomic E-state index is 12.1. The van der Waals surface area contributed by atoms with Crippen LogP contribution in [-0.2, 0) is 16.0 Å². The minimum absolute atomic E-state index is 0.0450. The van der Waals surface area contributed by atoms with Gasteiger partial charge in [0.25, 0.3) is 0 Å². The highest BCUT2D eigenvalue weighted by molar-refractivity contribution is 5.92. The molecule has 0 aliphatic carbocycles. The molecule has 0 aromatic heterocycles. The number of amides is 2. The molecule has 2 heterocycles. The third-order valence-corrected chi connectivity index (χ3v) is 4.94. The summed E-state index contributed by atoms with van der Waals surface area (Å²) in [5.41, 5.74) is 3.68. The number of carbonyl (C=O) groups is 2. The van der Waals surface area contributed by atoms with Crippen LogP contribution in [-0.4, -0.2) is 49.4 Å². The van der Waals surface area contributed by atoms with E-state index in [9.17, 15) is 9.59 Å². The monoisotopic (exact) mass is 341 g/mol. The maximum Gasteiger partial charge on any atom is 0.244 e. The summed E-state index contributed by atoms with van der Waals surface area (Å²) in [6.45, 7) is 4.43. The van der Waals surface area contributed by atoms with E-state index in [1.54, 1.807) is 6.08 Å². The second-order valence-electron chi connectivity index (χ2n) is 7.10. The Balaban J connectivity index is 1.54. The number of hydrogen-bond acceptors (Lipinski definition) is 3. The van der Waals surface area contributed by atoms with E-state index in [1.165, 1.54) is 17.7 Å². The van der Waals surface area contributed by atoms with Gasteiger partial charge in [0.2, 0.25) is 11.8 Å². The molecular weight excluding hydrogens is 314 g/mol. The molecule has 2 aliphatic rings. The highest BCUT2D eigenvalue weighted by Gasteiger charge is 2.22. The SMILES string of the molecule is C[C@@H](CN1CCCC1=O)NC(=O)/C=C\c1ccc2c(c1)CCCN2C. The van der Waals surface area contributed by atoms with Crippen molar-refractivity contribution in [1.82, 2.24) is 10.2 Å². The normalized spacial score (nSPS) is 18.6. The summed E-state index contributed by atoms with van der Waals surface area (Å²) in [5.74, 6) is 0.0738. The number of benzene rings is 1. The van der Waals surface area contributed by atoms with Crippen LogP contribution < -0.4 is 10.2 Å². The van der Waals surface area contributed by atoms with Gasteiger partial charge in [-0.3, -0.25) is 9.59 Å². The molecule has 5 heteroatoms. The maximum atomic E-state index is 12.1. The first-order valence-electron chi connectivity index (χ1n) is 9.13. The minimum atomic E-state index is -0.117. The Morgan fingerprint density at radius 1 is 1.28 bits per heavy atom. The molecule has 0 spiro atoms. The summed E-state index contributed by atoms with van der Waals surface area (Å²) in [4.78, 5) is 27.9. The van der Waals surface area contributed by atoms with E-state index in [-0.39, 0.29) is 17.9 Å². The van der Waals surface area contributed by atoms with Crippen LogP contribution in [0, 0.1) is 0 Å². The molecule has 134 valence electrons. The Bertz CT molecular complexity index is 684. The van der Waals surface area contributed by atoms with E-state index >= 15 is 0 Å². The van der Waals surface area contributed by atoms with Gasteiger partial charge in [-0.15, -0.1) is 0 Å². The first kappa shape index (κ1) is 17.5. The van der Waals surface area contributed by atoms with Crippen LogP contribution in [0.15, 0.2) is 24.3 Å². The van der Waals surface area contributed by atoms with Crippen LogP contribution in [0.4, 0.5) is 5.69 Å². The lowest BCUT2D eigenvalue weighted by Crippen LogP contribution is -2.41. The molecule has 1 fully saturated rings. The van der Waals surface area contributed by atoms with Crippen LogP contribution in [0.5, 0.6) is 0 Å². The molecule has 0 unspecified atom stereocenters. The van der Waals surface area contributed by atoms with Crippen molar-refractivity contribution in [3.63, 3.8) is 0 Å². The van der Waals surface area contributed by atoms with E-state index in [1.807, 2.05) is 17.9 Å². The second-order valence-corrected chi connectivity index (χ2v) is 7.10. The Morgan fingerprint density at radius 2 is 2.08 bits per heavy atom. The van der Waals surface area contributed by atoms with E-state index in [2.05, 4.69) is 35.5 Å².